The summed E-state index contributed by atoms with van der Waals surface area (Å²) in [7, 11) is 1.52. The minimum Gasteiger partial charge on any atom is -0.495 e. The molecule has 0 saturated carbocycles. The number of terminal acetylenes is 1. The number of anilines is 1. The Morgan fingerprint density at radius 1 is 1.61 bits per heavy atom. The number of nitrogens with two attached hydrogens (primary N) is 1. The number of benzene rings is 1. The lowest BCUT2D eigenvalue weighted by atomic mass is 10.2. The highest BCUT2D eigenvalue weighted by Crippen LogP contribution is 2.21. The zero-order valence-electron chi connectivity index (χ0n) is 9.69. The van der Waals surface area contributed by atoms with Crippen LogP contribution in [0.15, 0.2) is 23.3 Å². The summed E-state index contributed by atoms with van der Waals surface area (Å²) in [6, 6.07) is 6.68. The van der Waals surface area contributed by atoms with Gasteiger partial charge in [-0.25, -0.2) is 0 Å². The molecule has 0 unspecified atom stereocenters. The molecular weight excluding hydrogens is 230 g/mol. The first kappa shape index (κ1) is 13.1. The van der Waals surface area contributed by atoms with Gasteiger partial charge in [0.15, 0.2) is 5.84 Å². The van der Waals surface area contributed by atoms with E-state index in [4.69, 9.17) is 27.6 Å². The molecule has 0 aliphatic rings. The Morgan fingerprint density at radius 2 is 2.33 bits per heavy atom. The molecule has 0 heterocycles. The lowest BCUT2D eigenvalue weighted by molar-refractivity contribution is 0.413. The number of nitrogens with zero attached hydrogens (tertiary/aromatic N) is 2. The average Bonchev–Trinajstić information content (AvgIpc) is 2.38. The van der Waals surface area contributed by atoms with Crippen molar-refractivity contribution in [2.45, 2.75) is 0 Å². The monoisotopic (exact) mass is 241 g/mol. The van der Waals surface area contributed by atoms with Crippen LogP contribution in [0.2, 0.25) is 0 Å². The summed E-state index contributed by atoms with van der Waals surface area (Å²) in [5.74, 6) is 2.63. The van der Waals surface area contributed by atoms with Gasteiger partial charge in [0.05, 0.1) is 18.4 Å². The first-order valence-corrected chi connectivity index (χ1v) is 4.85. The molecule has 0 amide bonds. The fourth-order valence-electron chi connectivity index (χ4n) is 1.16. The second-order valence-electron chi connectivity index (χ2n) is 3.16. The minimum absolute atomic E-state index is 0.201. The number of rotatable bonds is 4. The Bertz CT molecular complexity index is 577. The molecule has 18 heavy (non-hydrogen) atoms. The number of hydrazone groups is 1. The van der Waals surface area contributed by atoms with Crippen LogP contribution in [-0.2, 0) is 0 Å². The van der Waals surface area contributed by atoms with Crippen molar-refractivity contribution in [3.05, 3.63) is 23.8 Å². The topological polar surface area (TPSA) is 107 Å². The predicted molar refractivity (Wildman–Crippen MR) is 69.5 cm³/mol. The molecule has 0 aliphatic carbocycles. The molecule has 1 aromatic rings. The van der Waals surface area contributed by atoms with Crippen LogP contribution >= 0.6 is 0 Å². The van der Waals surface area contributed by atoms with E-state index in [0.29, 0.717) is 17.0 Å². The second kappa shape index (κ2) is 5.92. The Hall–Kier alpha value is -2.99. The number of hydrogen-bond donors (Lipinski definition) is 3. The van der Waals surface area contributed by atoms with Gasteiger partial charge in [0, 0.05) is 0 Å². The number of nitrogens with one attached hydrogen (secondary N) is 2. The molecule has 1 aromatic carbocycles. The number of ether oxygens (including phenoxy) is 1. The Morgan fingerprint density at radius 3 is 2.83 bits per heavy atom. The van der Waals surface area contributed by atoms with Gasteiger partial charge in [-0.2, -0.15) is 10.4 Å². The quantitative estimate of drug-likeness (QED) is 0.315. The molecule has 6 heteroatoms. The Kier molecular flexibility index (Phi) is 4.30. The third kappa shape index (κ3) is 3.00. The number of methoxy groups -OCH3 is 1. The number of hydrogen-bond acceptors (Lipinski definition) is 5. The molecule has 90 valence electrons. The van der Waals surface area contributed by atoms with Gasteiger partial charge in [0.1, 0.15) is 11.8 Å². The van der Waals surface area contributed by atoms with Crippen LogP contribution in [0, 0.1) is 29.1 Å². The van der Waals surface area contributed by atoms with Crippen LogP contribution in [0.4, 0.5) is 5.69 Å². The normalized spacial score (nSPS) is 10.1. The number of nitriles is 1. The van der Waals surface area contributed by atoms with E-state index in [1.54, 1.807) is 24.3 Å². The third-order valence-electron chi connectivity index (χ3n) is 2.01. The third-order valence-corrected chi connectivity index (χ3v) is 2.01. The van der Waals surface area contributed by atoms with Gasteiger partial charge in [0.25, 0.3) is 0 Å². The van der Waals surface area contributed by atoms with Gasteiger partial charge in [0.2, 0.25) is 5.71 Å². The highest BCUT2D eigenvalue weighted by atomic mass is 16.5. The van der Waals surface area contributed by atoms with E-state index in [2.05, 4.69) is 16.4 Å². The van der Waals surface area contributed by atoms with Gasteiger partial charge in [-0.15, -0.1) is 6.42 Å². The summed E-state index contributed by atoms with van der Waals surface area (Å²) in [6.45, 7) is 0. The predicted octanol–water partition coefficient (Wildman–Crippen LogP) is 0.904. The van der Waals surface area contributed by atoms with E-state index in [9.17, 15) is 0 Å². The van der Waals surface area contributed by atoms with Crippen molar-refractivity contribution >= 4 is 17.2 Å². The van der Waals surface area contributed by atoms with Crippen LogP contribution in [0.1, 0.15) is 5.56 Å². The summed E-state index contributed by atoms with van der Waals surface area (Å²) in [4.78, 5) is 0. The molecule has 6 nitrogen and oxygen atoms in total. The van der Waals surface area contributed by atoms with Crippen LogP contribution in [0.25, 0.3) is 0 Å². The van der Waals surface area contributed by atoms with Crippen molar-refractivity contribution < 1.29 is 4.74 Å². The standard InChI is InChI=1S/C12H11N5O/c1-3-8-6-9(4-5-11(8)18-2)16-17-10(7-13)12(14)15/h1,4-6,16H,2H3,(H3,14,15)/b17-10+. The van der Waals surface area contributed by atoms with Crippen LogP contribution in [0.5, 0.6) is 5.75 Å². The maximum Gasteiger partial charge on any atom is 0.201 e. The minimum atomic E-state index is -0.407. The lowest BCUT2D eigenvalue weighted by Crippen LogP contribution is -2.21. The molecule has 1 rings (SSSR count). The largest absolute Gasteiger partial charge is 0.495 e. The molecule has 0 fully saturated rings. The summed E-state index contributed by atoms with van der Waals surface area (Å²) in [5, 5.41) is 19.4. The Balaban J connectivity index is 2.98. The zero-order valence-corrected chi connectivity index (χ0v) is 9.69. The molecule has 0 radical (unpaired) electrons. The van der Waals surface area contributed by atoms with Gasteiger partial charge in [-0.3, -0.25) is 10.8 Å². The maximum atomic E-state index is 8.66. The van der Waals surface area contributed by atoms with E-state index < -0.39 is 5.84 Å². The molecule has 4 N–H and O–H groups in total. The maximum absolute atomic E-state index is 8.66. The molecular formula is C12H11N5O. The molecule has 0 saturated heterocycles. The highest BCUT2D eigenvalue weighted by Gasteiger charge is 2.03. The molecule has 0 aliphatic heterocycles. The number of amidine groups is 1. The van der Waals surface area contributed by atoms with Gasteiger partial charge < -0.3 is 10.5 Å². The lowest BCUT2D eigenvalue weighted by Gasteiger charge is -2.06. The van der Waals surface area contributed by atoms with Crippen LogP contribution in [0.3, 0.4) is 0 Å². The van der Waals surface area contributed by atoms with Crippen molar-refractivity contribution in [3.8, 4) is 24.2 Å². The summed E-state index contributed by atoms with van der Waals surface area (Å²) < 4.78 is 5.06. The van der Waals surface area contributed by atoms with Crippen molar-refractivity contribution in [2.75, 3.05) is 12.5 Å². The van der Waals surface area contributed by atoms with Crippen molar-refractivity contribution in [2.24, 2.45) is 10.8 Å². The van der Waals surface area contributed by atoms with E-state index in [-0.39, 0.29) is 5.71 Å². The van der Waals surface area contributed by atoms with Gasteiger partial charge in [-0.05, 0) is 18.2 Å². The van der Waals surface area contributed by atoms with Crippen molar-refractivity contribution in [1.29, 1.82) is 10.7 Å². The average molecular weight is 241 g/mol. The Labute approximate surface area is 105 Å². The summed E-state index contributed by atoms with van der Waals surface area (Å²) in [5.41, 5.74) is 8.67. The van der Waals surface area contributed by atoms with E-state index >= 15 is 0 Å². The van der Waals surface area contributed by atoms with Crippen molar-refractivity contribution in [3.63, 3.8) is 0 Å². The zero-order chi connectivity index (χ0) is 13.5. The van der Waals surface area contributed by atoms with Crippen LogP contribution < -0.4 is 15.9 Å². The molecule has 0 atom stereocenters. The molecule has 0 spiro atoms. The van der Waals surface area contributed by atoms with E-state index in [1.807, 2.05) is 0 Å². The molecule has 0 aromatic heterocycles. The smallest absolute Gasteiger partial charge is 0.201 e. The van der Waals surface area contributed by atoms with Crippen LogP contribution in [-0.4, -0.2) is 18.7 Å². The summed E-state index contributed by atoms with van der Waals surface area (Å²) >= 11 is 0. The van der Waals surface area contributed by atoms with E-state index in [1.165, 1.54) is 7.11 Å². The SMILES string of the molecule is C#Cc1cc(N/N=C(\C#N)C(=N)N)ccc1OC. The van der Waals surface area contributed by atoms with Gasteiger partial charge >= 0.3 is 0 Å². The summed E-state index contributed by atoms with van der Waals surface area (Å²) in [6.07, 6.45) is 5.33. The van der Waals surface area contributed by atoms with E-state index in [0.717, 1.165) is 0 Å². The fourth-order valence-corrected chi connectivity index (χ4v) is 1.16. The highest BCUT2D eigenvalue weighted by molar-refractivity contribution is 6.45. The second-order valence-corrected chi connectivity index (χ2v) is 3.16. The molecule has 0 bridgehead atoms. The first-order chi connectivity index (χ1) is 8.62. The fraction of sp³-hybridized carbons (Fsp3) is 0.0833. The van der Waals surface area contributed by atoms with Gasteiger partial charge in [-0.1, -0.05) is 5.92 Å². The van der Waals surface area contributed by atoms with Crippen molar-refractivity contribution in [1.82, 2.24) is 0 Å². The first-order valence-electron chi connectivity index (χ1n) is 4.85.